The van der Waals surface area contributed by atoms with E-state index < -0.39 is 23.8 Å². The number of methoxy groups -OCH3 is 2. The van der Waals surface area contributed by atoms with Crippen LogP contribution in [0.5, 0.6) is 0 Å². The molecular weight excluding hydrogens is 460 g/mol. The Hall–Kier alpha value is -3.61. The number of anilines is 1. The van der Waals surface area contributed by atoms with Crippen LogP contribution in [0.2, 0.25) is 0 Å². The molecule has 0 fully saturated rings. The molecule has 2 heterocycles. The van der Waals surface area contributed by atoms with Crippen LogP contribution in [-0.2, 0) is 14.3 Å². The average molecular weight is 487 g/mol. The molecule has 0 aliphatic rings. The van der Waals surface area contributed by atoms with Gasteiger partial charge in [0.2, 0.25) is 5.91 Å². The Bertz CT molecular complexity index is 1180. The maximum atomic E-state index is 13.6. The molecule has 3 rings (SSSR count). The molecule has 0 saturated carbocycles. The average Bonchev–Trinajstić information content (AvgIpc) is 3.22. The number of ether oxygens (including phenoxy) is 2. The fraction of sp³-hybridized carbons (Fsp3) is 0.318. The predicted octanol–water partition coefficient (Wildman–Crippen LogP) is 0.965. The van der Waals surface area contributed by atoms with Crippen LogP contribution in [0.4, 0.5) is 5.69 Å². The number of pyridine rings is 1. The molecular formula is C22H26N6O5S. The summed E-state index contributed by atoms with van der Waals surface area (Å²) in [7, 11) is 3.02. The zero-order valence-electron chi connectivity index (χ0n) is 18.8. The molecule has 1 atom stereocenters. The zero-order valence-corrected chi connectivity index (χ0v) is 19.6. The molecule has 0 bridgehead atoms. The van der Waals surface area contributed by atoms with Gasteiger partial charge in [-0.1, -0.05) is 12.1 Å². The molecule has 0 unspecified atom stereocenters. The molecule has 34 heavy (non-hydrogen) atoms. The topological polar surface area (TPSA) is 163 Å². The van der Waals surface area contributed by atoms with E-state index in [0.29, 0.717) is 12.2 Å². The van der Waals surface area contributed by atoms with E-state index in [0.717, 1.165) is 22.4 Å². The molecule has 3 amide bonds. The fourth-order valence-corrected chi connectivity index (χ4v) is 4.17. The van der Waals surface area contributed by atoms with E-state index in [1.54, 1.807) is 30.5 Å². The lowest BCUT2D eigenvalue weighted by atomic mass is 10.0. The van der Waals surface area contributed by atoms with E-state index in [2.05, 4.69) is 14.7 Å². The van der Waals surface area contributed by atoms with E-state index in [1.165, 1.54) is 19.1 Å². The smallest absolute Gasteiger partial charge is 0.270 e. The number of nitrogens with one attached hydrogen (secondary N) is 1. The van der Waals surface area contributed by atoms with Crippen LogP contribution >= 0.6 is 11.5 Å². The van der Waals surface area contributed by atoms with Crippen molar-refractivity contribution in [3.63, 3.8) is 0 Å². The summed E-state index contributed by atoms with van der Waals surface area (Å²) in [5, 5.41) is 3.61. The van der Waals surface area contributed by atoms with Gasteiger partial charge < -0.3 is 31.2 Å². The molecule has 0 aliphatic carbocycles. The number of amides is 3. The van der Waals surface area contributed by atoms with Gasteiger partial charge >= 0.3 is 0 Å². The standard InChI is InChI=1S/C22H26N6O5S/c1-32-10-8-26-21(30)18(14-5-6-15-13(12-14)4-3-7-25-15)28(9-11-33-2)22(31)19-16(23)17(20(24)29)27-34-19/h3-7,12,18H,8-11,23H2,1-2H3,(H2,24,29)(H,26,30)/t18-/m1/s1. The molecule has 0 aliphatic heterocycles. The van der Waals surface area contributed by atoms with Crippen LogP contribution in [0.3, 0.4) is 0 Å². The molecule has 0 radical (unpaired) electrons. The van der Waals surface area contributed by atoms with Crippen molar-refractivity contribution >= 4 is 45.8 Å². The van der Waals surface area contributed by atoms with Gasteiger partial charge in [0.1, 0.15) is 10.9 Å². The summed E-state index contributed by atoms with van der Waals surface area (Å²) in [4.78, 5) is 44.2. The highest BCUT2D eigenvalue weighted by Crippen LogP contribution is 2.30. The van der Waals surface area contributed by atoms with E-state index in [9.17, 15) is 14.4 Å². The van der Waals surface area contributed by atoms with Crippen molar-refractivity contribution < 1.29 is 23.9 Å². The third kappa shape index (κ3) is 5.47. The van der Waals surface area contributed by atoms with Gasteiger partial charge in [-0.15, -0.1) is 0 Å². The third-order valence-corrected chi connectivity index (χ3v) is 5.91. The number of hydrogen-bond acceptors (Lipinski definition) is 9. The summed E-state index contributed by atoms with van der Waals surface area (Å²) in [5.41, 5.74) is 12.3. The highest BCUT2D eigenvalue weighted by molar-refractivity contribution is 7.09. The van der Waals surface area contributed by atoms with Crippen molar-refractivity contribution in [3.05, 3.63) is 52.7 Å². The number of carbonyl (C=O) groups is 3. The second-order valence-corrected chi connectivity index (χ2v) is 8.04. The minimum absolute atomic E-state index is 0.0158. The van der Waals surface area contributed by atoms with E-state index in [-0.39, 0.29) is 36.0 Å². The van der Waals surface area contributed by atoms with Crippen molar-refractivity contribution in [2.45, 2.75) is 6.04 Å². The molecule has 12 heteroatoms. The Kier molecular flexibility index (Phi) is 8.46. The van der Waals surface area contributed by atoms with Crippen LogP contribution < -0.4 is 16.8 Å². The summed E-state index contributed by atoms with van der Waals surface area (Å²) in [6.45, 7) is 0.786. The van der Waals surface area contributed by atoms with E-state index in [1.807, 2.05) is 6.07 Å². The van der Waals surface area contributed by atoms with E-state index >= 15 is 0 Å². The maximum absolute atomic E-state index is 13.6. The second kappa shape index (κ2) is 11.5. The summed E-state index contributed by atoms with van der Waals surface area (Å²) >= 11 is 0.753. The maximum Gasteiger partial charge on any atom is 0.270 e. The number of aromatic nitrogens is 2. The monoisotopic (exact) mass is 486 g/mol. The van der Waals surface area contributed by atoms with Crippen molar-refractivity contribution in [1.29, 1.82) is 0 Å². The number of nitrogen functional groups attached to an aromatic ring is 1. The van der Waals surface area contributed by atoms with Crippen molar-refractivity contribution in [2.24, 2.45) is 5.73 Å². The first-order valence-corrected chi connectivity index (χ1v) is 11.1. The second-order valence-electron chi connectivity index (χ2n) is 7.27. The molecule has 3 aromatic rings. The highest BCUT2D eigenvalue weighted by Gasteiger charge is 2.34. The van der Waals surface area contributed by atoms with Gasteiger partial charge in [0.15, 0.2) is 5.69 Å². The number of rotatable bonds is 11. The predicted molar refractivity (Wildman–Crippen MR) is 127 cm³/mol. The van der Waals surface area contributed by atoms with Crippen LogP contribution in [0.1, 0.15) is 31.8 Å². The van der Waals surface area contributed by atoms with Gasteiger partial charge in [-0.05, 0) is 35.3 Å². The first kappa shape index (κ1) is 25.0. The number of carbonyl (C=O) groups excluding carboxylic acids is 3. The molecule has 0 saturated heterocycles. The summed E-state index contributed by atoms with van der Waals surface area (Å²) in [6.07, 6.45) is 1.67. The van der Waals surface area contributed by atoms with Crippen molar-refractivity contribution in [1.82, 2.24) is 19.6 Å². The Morgan fingerprint density at radius 2 is 1.94 bits per heavy atom. The summed E-state index contributed by atoms with van der Waals surface area (Å²) < 4.78 is 14.1. The van der Waals surface area contributed by atoms with Gasteiger partial charge in [0.05, 0.1) is 24.4 Å². The summed E-state index contributed by atoms with van der Waals surface area (Å²) in [6, 6.07) is 7.97. The van der Waals surface area contributed by atoms with Crippen LogP contribution in [0.15, 0.2) is 36.5 Å². The lowest BCUT2D eigenvalue weighted by Gasteiger charge is -2.31. The number of nitrogens with zero attached hydrogens (tertiary/aromatic N) is 3. The van der Waals surface area contributed by atoms with Crippen LogP contribution in [-0.4, -0.2) is 72.5 Å². The van der Waals surface area contributed by atoms with Gasteiger partial charge in [0, 0.05) is 38.9 Å². The molecule has 0 spiro atoms. The first-order valence-electron chi connectivity index (χ1n) is 10.3. The third-order valence-electron chi connectivity index (χ3n) is 5.06. The van der Waals surface area contributed by atoms with Crippen molar-refractivity contribution in [2.75, 3.05) is 46.3 Å². The lowest BCUT2D eigenvalue weighted by molar-refractivity contribution is -0.126. The van der Waals surface area contributed by atoms with Gasteiger partial charge in [-0.3, -0.25) is 19.4 Å². The fourth-order valence-electron chi connectivity index (χ4n) is 3.41. The van der Waals surface area contributed by atoms with E-state index in [4.69, 9.17) is 20.9 Å². The Balaban J connectivity index is 2.08. The zero-order chi connectivity index (χ0) is 24.7. The minimum Gasteiger partial charge on any atom is -0.395 e. The number of nitrogens with two attached hydrogens (primary N) is 2. The quantitative estimate of drug-likeness (QED) is 0.338. The Morgan fingerprint density at radius 3 is 2.62 bits per heavy atom. The SMILES string of the molecule is COCCNC(=O)[C@@H](c1ccc2ncccc2c1)N(CCOC)C(=O)c1snc(C(N)=O)c1N. The Labute approximate surface area is 200 Å². The number of hydrogen-bond donors (Lipinski definition) is 3. The largest absolute Gasteiger partial charge is 0.395 e. The lowest BCUT2D eigenvalue weighted by Crippen LogP contribution is -2.45. The number of benzene rings is 1. The van der Waals surface area contributed by atoms with Crippen molar-refractivity contribution in [3.8, 4) is 0 Å². The highest BCUT2D eigenvalue weighted by atomic mass is 32.1. The first-order chi connectivity index (χ1) is 16.4. The van der Waals surface area contributed by atoms with Gasteiger partial charge in [-0.2, -0.15) is 4.37 Å². The number of fused-ring (bicyclic) bond motifs is 1. The van der Waals surface area contributed by atoms with Crippen LogP contribution in [0.25, 0.3) is 10.9 Å². The molecule has 11 nitrogen and oxygen atoms in total. The normalized spacial score (nSPS) is 11.8. The van der Waals surface area contributed by atoms with Crippen LogP contribution in [0, 0.1) is 0 Å². The molecule has 5 N–H and O–H groups in total. The number of primary amides is 1. The molecule has 180 valence electrons. The molecule has 1 aromatic carbocycles. The van der Waals surface area contributed by atoms with Gasteiger partial charge in [-0.25, -0.2) is 0 Å². The molecule has 2 aromatic heterocycles. The Morgan fingerprint density at radius 1 is 1.18 bits per heavy atom. The summed E-state index contributed by atoms with van der Waals surface area (Å²) in [5.74, 6) is -1.83. The minimum atomic E-state index is -1.03. The van der Waals surface area contributed by atoms with Gasteiger partial charge in [0.25, 0.3) is 11.8 Å².